The number of amides is 1. The number of nitrogens with one attached hydrogen (secondary N) is 3. The maximum Gasteiger partial charge on any atom is 0.291 e. The van der Waals surface area contributed by atoms with Crippen molar-refractivity contribution in [3.8, 4) is 11.5 Å². The Morgan fingerprint density at radius 3 is 2.53 bits per heavy atom. The number of nitrogens with zero attached hydrogens (tertiary/aromatic N) is 1. The Morgan fingerprint density at radius 1 is 1.00 bits per heavy atom. The molecule has 2 aromatic carbocycles. The SMILES string of the molecule is CCNC(=NCc1ccc2c(c1)OCO2)NCc1ccc(NC(=O)c2ccco2)cc1.I. The summed E-state index contributed by atoms with van der Waals surface area (Å²) in [4.78, 5) is 16.7. The fourth-order valence-electron chi connectivity index (χ4n) is 3.04. The lowest BCUT2D eigenvalue weighted by molar-refractivity contribution is 0.0996. The zero-order chi connectivity index (χ0) is 21.5. The van der Waals surface area contributed by atoms with Gasteiger partial charge in [0.15, 0.2) is 23.2 Å². The van der Waals surface area contributed by atoms with Crippen LogP contribution in [-0.2, 0) is 13.1 Å². The Balaban J connectivity index is 0.00000289. The highest BCUT2D eigenvalue weighted by atomic mass is 127. The van der Waals surface area contributed by atoms with Crippen molar-refractivity contribution in [3.05, 3.63) is 77.7 Å². The maximum absolute atomic E-state index is 12.0. The fraction of sp³-hybridized carbons (Fsp3) is 0.217. The molecule has 2 heterocycles. The maximum atomic E-state index is 12.0. The molecule has 0 fully saturated rings. The summed E-state index contributed by atoms with van der Waals surface area (Å²) in [6.07, 6.45) is 1.47. The highest BCUT2D eigenvalue weighted by Gasteiger charge is 2.13. The molecule has 9 heteroatoms. The van der Waals surface area contributed by atoms with Gasteiger partial charge in [0, 0.05) is 18.8 Å². The van der Waals surface area contributed by atoms with Crippen LogP contribution in [0.1, 0.15) is 28.6 Å². The van der Waals surface area contributed by atoms with E-state index in [-0.39, 0.29) is 42.4 Å². The van der Waals surface area contributed by atoms with Crippen molar-refractivity contribution < 1.29 is 18.7 Å². The van der Waals surface area contributed by atoms with Gasteiger partial charge >= 0.3 is 0 Å². The summed E-state index contributed by atoms with van der Waals surface area (Å²) >= 11 is 0. The van der Waals surface area contributed by atoms with Crippen LogP contribution < -0.4 is 25.4 Å². The van der Waals surface area contributed by atoms with Gasteiger partial charge in [0.05, 0.1) is 12.8 Å². The van der Waals surface area contributed by atoms with Crippen molar-refractivity contribution in [1.29, 1.82) is 0 Å². The minimum atomic E-state index is -0.277. The summed E-state index contributed by atoms with van der Waals surface area (Å²) in [7, 11) is 0. The van der Waals surface area contributed by atoms with Gasteiger partial charge in [-0.25, -0.2) is 4.99 Å². The number of hydrogen-bond donors (Lipinski definition) is 3. The first-order chi connectivity index (χ1) is 15.2. The fourth-order valence-corrected chi connectivity index (χ4v) is 3.04. The third-order valence-electron chi connectivity index (χ3n) is 4.62. The van der Waals surface area contributed by atoms with Crippen LogP contribution in [0.4, 0.5) is 5.69 Å². The number of benzene rings is 2. The van der Waals surface area contributed by atoms with E-state index in [2.05, 4.69) is 20.9 Å². The summed E-state index contributed by atoms with van der Waals surface area (Å²) in [5, 5.41) is 9.37. The van der Waals surface area contributed by atoms with Crippen LogP contribution in [0.3, 0.4) is 0 Å². The standard InChI is InChI=1S/C23H24N4O4.HI/c1-2-24-23(26-14-17-7-10-19-21(12-17)31-15-30-19)25-13-16-5-8-18(9-6-16)27-22(28)20-4-3-11-29-20;/h3-12H,2,13-15H2,1H3,(H,27,28)(H2,24,25,26);1H. The Hall–Kier alpha value is -3.21. The molecule has 168 valence electrons. The van der Waals surface area contributed by atoms with E-state index < -0.39 is 0 Å². The molecule has 0 atom stereocenters. The molecule has 0 saturated carbocycles. The number of carbonyl (C=O) groups is 1. The second-order valence-corrected chi connectivity index (χ2v) is 6.86. The van der Waals surface area contributed by atoms with E-state index >= 15 is 0 Å². The number of hydrogen-bond acceptors (Lipinski definition) is 5. The first-order valence-corrected chi connectivity index (χ1v) is 10.1. The van der Waals surface area contributed by atoms with E-state index in [0.29, 0.717) is 18.8 Å². The van der Waals surface area contributed by atoms with E-state index in [9.17, 15) is 4.79 Å². The van der Waals surface area contributed by atoms with Crippen LogP contribution in [0.25, 0.3) is 0 Å². The number of aliphatic imine (C=N–C) groups is 1. The van der Waals surface area contributed by atoms with Crippen molar-refractivity contribution in [3.63, 3.8) is 0 Å². The summed E-state index contributed by atoms with van der Waals surface area (Å²) < 4.78 is 15.9. The summed E-state index contributed by atoms with van der Waals surface area (Å²) in [5.74, 6) is 2.24. The number of furan rings is 1. The molecule has 0 saturated heterocycles. The molecule has 0 unspecified atom stereocenters. The van der Waals surface area contributed by atoms with Gasteiger partial charge in [-0.3, -0.25) is 4.79 Å². The minimum Gasteiger partial charge on any atom is -0.459 e. The van der Waals surface area contributed by atoms with Gasteiger partial charge < -0.3 is 29.8 Å². The zero-order valence-corrected chi connectivity index (χ0v) is 19.9. The highest BCUT2D eigenvalue weighted by Crippen LogP contribution is 2.32. The second-order valence-electron chi connectivity index (χ2n) is 6.86. The minimum absolute atomic E-state index is 0. The molecule has 8 nitrogen and oxygen atoms in total. The van der Waals surface area contributed by atoms with Gasteiger partial charge in [-0.1, -0.05) is 18.2 Å². The Bertz CT molecular complexity index is 1050. The Labute approximate surface area is 203 Å². The highest BCUT2D eigenvalue weighted by molar-refractivity contribution is 14.0. The molecule has 0 bridgehead atoms. The van der Waals surface area contributed by atoms with Crippen LogP contribution in [0.15, 0.2) is 70.3 Å². The molecular formula is C23H25IN4O4. The predicted molar refractivity (Wildman–Crippen MR) is 133 cm³/mol. The van der Waals surface area contributed by atoms with Crippen LogP contribution in [0.2, 0.25) is 0 Å². The summed E-state index contributed by atoms with van der Waals surface area (Å²) in [6.45, 7) is 4.15. The number of guanidine groups is 1. The smallest absolute Gasteiger partial charge is 0.291 e. The number of anilines is 1. The van der Waals surface area contributed by atoms with Crippen LogP contribution >= 0.6 is 24.0 Å². The Kier molecular flexibility index (Phi) is 8.37. The average Bonchev–Trinajstić information content (AvgIpc) is 3.48. The largest absolute Gasteiger partial charge is 0.459 e. The van der Waals surface area contributed by atoms with Crippen LogP contribution in [0, 0.1) is 0 Å². The van der Waals surface area contributed by atoms with Gasteiger partial charge in [-0.15, -0.1) is 24.0 Å². The van der Waals surface area contributed by atoms with Crippen LogP contribution in [0.5, 0.6) is 11.5 Å². The molecule has 32 heavy (non-hydrogen) atoms. The number of rotatable bonds is 7. The van der Waals surface area contributed by atoms with Gasteiger partial charge in [-0.05, 0) is 54.4 Å². The lowest BCUT2D eigenvalue weighted by atomic mass is 10.2. The molecule has 1 amide bonds. The lowest BCUT2D eigenvalue weighted by Crippen LogP contribution is -2.36. The second kappa shape index (κ2) is 11.4. The molecule has 0 aliphatic carbocycles. The predicted octanol–water partition coefficient (Wildman–Crippen LogP) is 4.13. The monoisotopic (exact) mass is 548 g/mol. The summed E-state index contributed by atoms with van der Waals surface area (Å²) in [6, 6.07) is 16.8. The van der Waals surface area contributed by atoms with Gasteiger partial charge in [-0.2, -0.15) is 0 Å². The van der Waals surface area contributed by atoms with Crippen molar-refractivity contribution in [2.45, 2.75) is 20.0 Å². The van der Waals surface area contributed by atoms with E-state index in [4.69, 9.17) is 13.9 Å². The topological polar surface area (TPSA) is 97.1 Å². The molecule has 0 radical (unpaired) electrons. The first-order valence-electron chi connectivity index (χ1n) is 10.1. The molecule has 4 rings (SSSR count). The molecule has 1 aliphatic heterocycles. The first kappa shape index (κ1) is 23.5. The molecule has 0 spiro atoms. The number of fused-ring (bicyclic) bond motifs is 1. The average molecular weight is 548 g/mol. The molecule has 3 aromatic rings. The van der Waals surface area contributed by atoms with Gasteiger partial charge in [0.1, 0.15) is 0 Å². The quantitative estimate of drug-likeness (QED) is 0.234. The molecular weight excluding hydrogens is 523 g/mol. The van der Waals surface area contributed by atoms with Crippen molar-refractivity contribution in [1.82, 2.24) is 10.6 Å². The van der Waals surface area contributed by atoms with Crippen molar-refractivity contribution in [2.24, 2.45) is 4.99 Å². The van der Waals surface area contributed by atoms with Crippen LogP contribution in [-0.4, -0.2) is 25.2 Å². The number of carbonyl (C=O) groups excluding carboxylic acids is 1. The lowest BCUT2D eigenvalue weighted by Gasteiger charge is -2.12. The summed E-state index contributed by atoms with van der Waals surface area (Å²) in [5.41, 5.74) is 2.80. The molecule has 1 aromatic heterocycles. The van der Waals surface area contributed by atoms with Gasteiger partial charge in [0.2, 0.25) is 6.79 Å². The number of ether oxygens (including phenoxy) is 2. The van der Waals surface area contributed by atoms with E-state index in [1.54, 1.807) is 12.1 Å². The van der Waals surface area contributed by atoms with E-state index in [1.807, 2.05) is 49.4 Å². The third kappa shape index (κ3) is 6.16. The number of halogens is 1. The third-order valence-corrected chi connectivity index (χ3v) is 4.62. The zero-order valence-electron chi connectivity index (χ0n) is 17.6. The van der Waals surface area contributed by atoms with E-state index in [1.165, 1.54) is 6.26 Å². The van der Waals surface area contributed by atoms with Crippen molar-refractivity contribution >= 4 is 41.5 Å². The van der Waals surface area contributed by atoms with Crippen molar-refractivity contribution in [2.75, 3.05) is 18.7 Å². The molecule has 3 N–H and O–H groups in total. The van der Waals surface area contributed by atoms with Gasteiger partial charge in [0.25, 0.3) is 5.91 Å². The molecule has 1 aliphatic rings. The normalized spacial score (nSPS) is 12.1. The Morgan fingerprint density at radius 2 is 1.78 bits per heavy atom. The van der Waals surface area contributed by atoms with E-state index in [0.717, 1.165) is 35.1 Å².